The summed E-state index contributed by atoms with van der Waals surface area (Å²) < 4.78 is 4.86. The van der Waals surface area contributed by atoms with Crippen molar-refractivity contribution in [1.82, 2.24) is 10.3 Å². The van der Waals surface area contributed by atoms with E-state index in [0.717, 1.165) is 6.42 Å². The van der Waals surface area contributed by atoms with Gasteiger partial charge < -0.3 is 15.4 Å². The van der Waals surface area contributed by atoms with Crippen LogP contribution in [0.4, 0.5) is 5.13 Å². The van der Waals surface area contributed by atoms with Gasteiger partial charge in [0.15, 0.2) is 10.2 Å². The molecule has 1 rings (SSSR count). The molecule has 1 amide bonds. The van der Waals surface area contributed by atoms with Crippen LogP contribution < -0.4 is 10.6 Å². The Morgan fingerprint density at radius 1 is 1.47 bits per heavy atom. The summed E-state index contributed by atoms with van der Waals surface area (Å²) in [6.07, 6.45) is 2.48. The van der Waals surface area contributed by atoms with Gasteiger partial charge in [0.2, 0.25) is 5.91 Å². The van der Waals surface area contributed by atoms with Crippen LogP contribution in [0.5, 0.6) is 0 Å². The van der Waals surface area contributed by atoms with Gasteiger partial charge in [-0.05, 0) is 18.6 Å². The van der Waals surface area contributed by atoms with Crippen molar-refractivity contribution in [2.45, 2.75) is 26.2 Å². The molecule has 0 fully saturated rings. The number of aromatic nitrogens is 1. The van der Waals surface area contributed by atoms with Crippen LogP contribution in [-0.2, 0) is 14.3 Å². The molecule has 0 unspecified atom stereocenters. The number of hydrogen-bond donors (Lipinski definition) is 2. The zero-order valence-corrected chi connectivity index (χ0v) is 12.1. The number of nitrogens with zero attached hydrogens (tertiary/aromatic N) is 1. The molecule has 1 heterocycles. The number of carbonyl (C=O) groups excluding carboxylic acids is 2. The van der Waals surface area contributed by atoms with E-state index in [0.29, 0.717) is 11.7 Å². The molecular formula is C11H15N3O3S2. The van der Waals surface area contributed by atoms with Gasteiger partial charge in [0.05, 0.1) is 13.0 Å². The summed E-state index contributed by atoms with van der Waals surface area (Å²) in [5.74, 6) is -0.710. The smallest absolute Gasteiger partial charge is 0.306 e. The zero-order chi connectivity index (χ0) is 14.1. The maximum Gasteiger partial charge on any atom is 0.306 e. The van der Waals surface area contributed by atoms with Crippen molar-refractivity contribution in [2.75, 3.05) is 11.9 Å². The highest BCUT2D eigenvalue weighted by Crippen LogP contribution is 2.09. The molecule has 1 aromatic heterocycles. The normalized spacial score (nSPS) is 9.74. The molecule has 0 spiro atoms. The molecule has 6 nitrogen and oxygen atoms in total. The van der Waals surface area contributed by atoms with Crippen molar-refractivity contribution >= 4 is 45.7 Å². The van der Waals surface area contributed by atoms with Gasteiger partial charge in [-0.3, -0.25) is 9.59 Å². The van der Waals surface area contributed by atoms with Crippen LogP contribution in [0.2, 0.25) is 0 Å². The number of esters is 1. The Bertz CT molecular complexity index is 434. The van der Waals surface area contributed by atoms with E-state index in [-0.39, 0.29) is 29.8 Å². The van der Waals surface area contributed by atoms with Crippen molar-refractivity contribution in [3.05, 3.63) is 11.6 Å². The van der Waals surface area contributed by atoms with Crippen molar-refractivity contribution in [2.24, 2.45) is 0 Å². The van der Waals surface area contributed by atoms with Crippen molar-refractivity contribution in [3.63, 3.8) is 0 Å². The highest BCUT2D eigenvalue weighted by atomic mass is 32.1. The lowest BCUT2D eigenvalue weighted by Crippen LogP contribution is -2.34. The molecule has 8 heteroatoms. The lowest BCUT2D eigenvalue weighted by atomic mass is 10.3. The number of nitrogens with one attached hydrogen (secondary N) is 2. The molecule has 0 bridgehead atoms. The van der Waals surface area contributed by atoms with Crippen LogP contribution in [0.1, 0.15) is 26.2 Å². The van der Waals surface area contributed by atoms with Gasteiger partial charge in [0, 0.05) is 18.0 Å². The summed E-state index contributed by atoms with van der Waals surface area (Å²) in [5.41, 5.74) is 0. The van der Waals surface area contributed by atoms with Gasteiger partial charge in [-0.2, -0.15) is 0 Å². The van der Waals surface area contributed by atoms with E-state index in [1.54, 1.807) is 11.6 Å². The first-order valence-corrected chi connectivity index (χ1v) is 7.06. The first-order valence-electron chi connectivity index (χ1n) is 5.77. The van der Waals surface area contributed by atoms with E-state index in [1.165, 1.54) is 11.3 Å². The summed E-state index contributed by atoms with van der Waals surface area (Å²) >= 11 is 6.31. The van der Waals surface area contributed by atoms with Crippen LogP contribution >= 0.6 is 23.6 Å². The van der Waals surface area contributed by atoms with Gasteiger partial charge in [-0.25, -0.2) is 4.98 Å². The largest absolute Gasteiger partial charge is 0.466 e. The molecule has 0 aromatic carbocycles. The molecule has 0 atom stereocenters. The minimum Gasteiger partial charge on any atom is -0.466 e. The third-order valence-electron chi connectivity index (χ3n) is 1.93. The fraction of sp³-hybridized carbons (Fsp3) is 0.455. The topological polar surface area (TPSA) is 80.3 Å². The molecule has 104 valence electrons. The summed E-state index contributed by atoms with van der Waals surface area (Å²) in [5, 5.41) is 7.80. The number of thiazole rings is 1. The van der Waals surface area contributed by atoms with Crippen molar-refractivity contribution in [1.29, 1.82) is 0 Å². The highest BCUT2D eigenvalue weighted by Gasteiger charge is 2.09. The van der Waals surface area contributed by atoms with E-state index in [9.17, 15) is 9.59 Å². The quantitative estimate of drug-likeness (QED) is 0.615. The lowest BCUT2D eigenvalue weighted by molar-refractivity contribution is -0.144. The average Bonchev–Trinajstić information content (AvgIpc) is 2.86. The summed E-state index contributed by atoms with van der Waals surface area (Å²) in [6, 6.07) is 0. The SMILES string of the molecule is CCCOC(=O)CCC(=O)NC(=S)Nc1nccs1. The Kier molecular flexibility index (Phi) is 6.98. The highest BCUT2D eigenvalue weighted by molar-refractivity contribution is 7.80. The molecule has 19 heavy (non-hydrogen) atoms. The molecule has 0 saturated carbocycles. The maximum absolute atomic E-state index is 11.5. The van der Waals surface area contributed by atoms with Crippen LogP contribution in [0.25, 0.3) is 0 Å². The minimum absolute atomic E-state index is 0.0439. The number of ether oxygens (including phenoxy) is 1. The standard InChI is InChI=1S/C11H15N3O3S2/c1-2-6-17-9(16)4-3-8(15)13-10(18)14-11-12-5-7-19-11/h5,7H,2-4,6H2,1H3,(H2,12,13,14,15,18). The molecule has 0 aliphatic heterocycles. The van der Waals surface area contributed by atoms with E-state index in [2.05, 4.69) is 15.6 Å². The number of rotatable bonds is 6. The third-order valence-corrected chi connectivity index (χ3v) is 2.82. The van der Waals surface area contributed by atoms with Gasteiger partial charge in [0.25, 0.3) is 0 Å². The number of hydrogen-bond acceptors (Lipinski definition) is 6. The van der Waals surface area contributed by atoms with Gasteiger partial charge in [-0.15, -0.1) is 11.3 Å². The molecule has 0 aliphatic carbocycles. The fourth-order valence-corrected chi connectivity index (χ4v) is 1.91. The molecule has 1 aromatic rings. The molecule has 0 aliphatic rings. The summed E-state index contributed by atoms with van der Waals surface area (Å²) in [7, 11) is 0. The first kappa shape index (κ1) is 15.5. The molecule has 0 saturated heterocycles. The van der Waals surface area contributed by atoms with E-state index < -0.39 is 0 Å². The number of thiocarbonyl (C=S) groups is 1. The maximum atomic E-state index is 11.5. The van der Waals surface area contributed by atoms with Crippen molar-refractivity contribution < 1.29 is 14.3 Å². The molecular weight excluding hydrogens is 286 g/mol. The molecule has 0 radical (unpaired) electrons. The second-order valence-electron chi connectivity index (χ2n) is 3.56. The van der Waals surface area contributed by atoms with Gasteiger partial charge in [0.1, 0.15) is 0 Å². The zero-order valence-electron chi connectivity index (χ0n) is 10.5. The van der Waals surface area contributed by atoms with Crippen LogP contribution in [0.15, 0.2) is 11.6 Å². The van der Waals surface area contributed by atoms with Crippen LogP contribution in [-0.4, -0.2) is 28.6 Å². The van der Waals surface area contributed by atoms with E-state index >= 15 is 0 Å². The average molecular weight is 301 g/mol. The monoisotopic (exact) mass is 301 g/mol. The lowest BCUT2D eigenvalue weighted by Gasteiger charge is -2.07. The summed E-state index contributed by atoms with van der Waals surface area (Å²) in [4.78, 5) is 26.7. The Labute approximate surface area is 120 Å². The number of anilines is 1. The van der Waals surface area contributed by atoms with Crippen LogP contribution in [0, 0.1) is 0 Å². The number of amides is 1. The minimum atomic E-state index is -0.379. The second-order valence-corrected chi connectivity index (χ2v) is 4.86. The molecule has 2 N–H and O–H groups in total. The first-order chi connectivity index (χ1) is 9.11. The second kappa shape index (κ2) is 8.54. The van der Waals surface area contributed by atoms with E-state index in [4.69, 9.17) is 17.0 Å². The fourth-order valence-electron chi connectivity index (χ4n) is 1.11. The predicted octanol–water partition coefficient (Wildman–Crippen LogP) is 1.69. The Morgan fingerprint density at radius 2 is 2.26 bits per heavy atom. The van der Waals surface area contributed by atoms with Crippen LogP contribution in [0.3, 0.4) is 0 Å². The number of carbonyl (C=O) groups is 2. The third kappa shape index (κ3) is 6.82. The van der Waals surface area contributed by atoms with Gasteiger partial charge >= 0.3 is 5.97 Å². The predicted molar refractivity (Wildman–Crippen MR) is 77.0 cm³/mol. The Morgan fingerprint density at radius 3 is 2.89 bits per heavy atom. The van der Waals surface area contributed by atoms with Gasteiger partial charge in [-0.1, -0.05) is 6.92 Å². The summed E-state index contributed by atoms with van der Waals surface area (Å²) in [6.45, 7) is 2.28. The van der Waals surface area contributed by atoms with E-state index in [1.807, 2.05) is 6.92 Å². The Hall–Kier alpha value is -1.54. The Balaban J connectivity index is 2.20. The van der Waals surface area contributed by atoms with Crippen molar-refractivity contribution in [3.8, 4) is 0 Å².